The fraction of sp³-hybridized carbons (Fsp3) is 0.111. The highest BCUT2D eigenvalue weighted by Crippen LogP contribution is 2.22. The lowest BCUT2D eigenvalue weighted by Gasteiger charge is -2.08. The molecular formula is C18H23NO6S2. The van der Waals surface area contributed by atoms with Gasteiger partial charge in [-0.2, -0.15) is 16.8 Å². The third-order valence-electron chi connectivity index (χ3n) is 3.33. The second-order valence-electron chi connectivity index (χ2n) is 5.16. The Balaban J connectivity index is 0.000000483. The zero-order chi connectivity index (χ0) is 19.8. The highest BCUT2D eigenvalue weighted by atomic mass is 32.2. The van der Waals surface area contributed by atoms with Crippen molar-refractivity contribution in [1.29, 1.82) is 0 Å². The van der Waals surface area contributed by atoms with Crippen molar-refractivity contribution < 1.29 is 25.9 Å². The molecule has 7 nitrogen and oxygen atoms in total. The minimum atomic E-state index is -4.09. The molecule has 0 aliphatic carbocycles. The van der Waals surface area contributed by atoms with Crippen molar-refractivity contribution in [2.24, 2.45) is 0 Å². The van der Waals surface area contributed by atoms with Gasteiger partial charge in [0.1, 0.15) is 10.5 Å². The molecule has 2 aromatic rings. The minimum absolute atomic E-state index is 0. The van der Waals surface area contributed by atoms with Gasteiger partial charge < -0.3 is 6.15 Å². The van der Waals surface area contributed by atoms with Crippen molar-refractivity contribution in [3.05, 3.63) is 97.1 Å². The summed E-state index contributed by atoms with van der Waals surface area (Å²) in [6, 6.07) is 16.9. The topological polar surface area (TPSA) is 144 Å². The van der Waals surface area contributed by atoms with Gasteiger partial charge in [-0.15, -0.1) is 13.2 Å². The van der Waals surface area contributed by atoms with Crippen LogP contribution in [0.2, 0.25) is 0 Å². The Bertz CT molecular complexity index is 847. The predicted octanol–water partition coefficient (Wildman–Crippen LogP) is 3.77. The molecule has 148 valence electrons. The van der Waals surface area contributed by atoms with Gasteiger partial charge in [0.05, 0.1) is 0 Å². The third-order valence-corrected chi connectivity index (χ3v) is 5.54. The highest BCUT2D eigenvalue weighted by Gasteiger charge is 2.21. The van der Waals surface area contributed by atoms with Gasteiger partial charge in [-0.3, -0.25) is 9.11 Å². The molecule has 0 bridgehead atoms. The average molecular weight is 414 g/mol. The molecule has 0 radical (unpaired) electrons. The van der Waals surface area contributed by atoms with E-state index in [1.807, 2.05) is 0 Å². The molecular weight excluding hydrogens is 390 g/mol. The number of benzene rings is 2. The Morgan fingerprint density at radius 2 is 0.926 bits per heavy atom. The van der Waals surface area contributed by atoms with Gasteiger partial charge in [0.25, 0.3) is 20.2 Å². The van der Waals surface area contributed by atoms with Crippen LogP contribution in [0.3, 0.4) is 0 Å². The first-order valence-corrected chi connectivity index (χ1v) is 10.4. The summed E-state index contributed by atoms with van der Waals surface area (Å²) in [6.07, 6.45) is 2.40. The van der Waals surface area contributed by atoms with Gasteiger partial charge in [0.15, 0.2) is 0 Å². The van der Waals surface area contributed by atoms with Crippen molar-refractivity contribution in [1.82, 2.24) is 6.15 Å². The van der Waals surface area contributed by atoms with Gasteiger partial charge in [0.2, 0.25) is 0 Å². The molecule has 0 amide bonds. The molecule has 0 spiro atoms. The van der Waals surface area contributed by atoms with E-state index in [2.05, 4.69) is 13.2 Å². The zero-order valence-electron chi connectivity index (χ0n) is 14.5. The summed E-state index contributed by atoms with van der Waals surface area (Å²) in [5.41, 5.74) is 1.03. The number of hydrogen-bond donors (Lipinski definition) is 3. The van der Waals surface area contributed by atoms with Crippen molar-refractivity contribution in [3.8, 4) is 0 Å². The summed E-state index contributed by atoms with van der Waals surface area (Å²) in [6.45, 7) is 6.73. The smallest absolute Gasteiger partial charge is 0.275 e. The quantitative estimate of drug-likeness (QED) is 0.483. The minimum Gasteiger partial charge on any atom is -0.344 e. The lowest BCUT2D eigenvalue weighted by atomic mass is 10.1. The van der Waals surface area contributed by atoms with Crippen LogP contribution in [0.25, 0.3) is 0 Å². The van der Waals surface area contributed by atoms with E-state index in [0.717, 1.165) is 0 Å². The Hall–Kier alpha value is -2.30. The lowest BCUT2D eigenvalue weighted by molar-refractivity contribution is 0.474. The molecule has 2 rings (SSSR count). The first-order valence-electron chi connectivity index (χ1n) is 7.39. The van der Waals surface area contributed by atoms with Crippen molar-refractivity contribution in [2.45, 2.75) is 10.5 Å². The SMILES string of the molecule is C=CC(c1ccccc1)S(=O)(=O)O.C=CC(c1ccccc1)S(=O)(=O)O.N. The van der Waals surface area contributed by atoms with Gasteiger partial charge >= 0.3 is 0 Å². The van der Waals surface area contributed by atoms with Crippen LogP contribution in [-0.4, -0.2) is 25.9 Å². The molecule has 0 aromatic heterocycles. The summed E-state index contributed by atoms with van der Waals surface area (Å²) < 4.78 is 61.1. The van der Waals surface area contributed by atoms with Crippen LogP contribution in [0.1, 0.15) is 21.6 Å². The molecule has 0 fully saturated rings. The fourth-order valence-electron chi connectivity index (χ4n) is 2.14. The molecule has 9 heteroatoms. The standard InChI is InChI=1S/2C9H10O3S.H3N/c2*1-2-9(13(10,11)12)8-6-4-3-5-7-8;/h2*2-7,9H,1H2,(H,10,11,12);1H3. The van der Waals surface area contributed by atoms with Crippen LogP contribution < -0.4 is 6.15 Å². The van der Waals surface area contributed by atoms with Gasteiger partial charge in [-0.05, 0) is 11.1 Å². The largest absolute Gasteiger partial charge is 0.344 e. The van der Waals surface area contributed by atoms with Gasteiger partial charge in [-0.1, -0.05) is 72.8 Å². The first kappa shape index (κ1) is 24.7. The van der Waals surface area contributed by atoms with Crippen molar-refractivity contribution in [3.63, 3.8) is 0 Å². The summed E-state index contributed by atoms with van der Waals surface area (Å²) in [7, 11) is -8.17. The van der Waals surface area contributed by atoms with Gasteiger partial charge in [0, 0.05) is 0 Å². The normalized spacial score (nSPS) is 13.1. The summed E-state index contributed by atoms with van der Waals surface area (Å²) in [5, 5.41) is -2.07. The van der Waals surface area contributed by atoms with Crippen molar-refractivity contribution in [2.75, 3.05) is 0 Å². The van der Waals surface area contributed by atoms with E-state index in [-0.39, 0.29) is 6.15 Å². The van der Waals surface area contributed by atoms with Crippen LogP contribution in [0.5, 0.6) is 0 Å². The first-order chi connectivity index (χ1) is 12.1. The maximum Gasteiger partial charge on any atom is 0.275 e. The van der Waals surface area contributed by atoms with E-state index >= 15 is 0 Å². The Morgan fingerprint density at radius 3 is 1.11 bits per heavy atom. The fourth-order valence-corrected chi connectivity index (χ4v) is 3.63. The van der Waals surface area contributed by atoms with Crippen molar-refractivity contribution >= 4 is 20.2 Å². The average Bonchev–Trinajstić information content (AvgIpc) is 2.56. The molecule has 27 heavy (non-hydrogen) atoms. The Labute approximate surface area is 160 Å². The summed E-state index contributed by atoms with van der Waals surface area (Å²) in [5.74, 6) is 0. The van der Waals surface area contributed by atoms with Gasteiger partial charge in [-0.25, -0.2) is 0 Å². The Morgan fingerprint density at radius 1 is 0.667 bits per heavy atom. The van der Waals surface area contributed by atoms with Crippen LogP contribution in [0, 0.1) is 0 Å². The molecule has 0 aliphatic heterocycles. The van der Waals surface area contributed by atoms with E-state index in [1.54, 1.807) is 60.7 Å². The van der Waals surface area contributed by atoms with E-state index in [1.165, 1.54) is 12.2 Å². The number of hydrogen-bond acceptors (Lipinski definition) is 5. The van der Waals surface area contributed by atoms with Crippen LogP contribution in [0.15, 0.2) is 86.0 Å². The maximum atomic E-state index is 10.8. The van der Waals surface area contributed by atoms with E-state index in [4.69, 9.17) is 9.11 Å². The van der Waals surface area contributed by atoms with E-state index in [0.29, 0.717) is 11.1 Å². The Kier molecular flexibility index (Phi) is 9.84. The molecule has 0 saturated heterocycles. The molecule has 0 aliphatic rings. The lowest BCUT2D eigenvalue weighted by Crippen LogP contribution is -2.09. The van der Waals surface area contributed by atoms with Crippen LogP contribution >= 0.6 is 0 Å². The molecule has 2 atom stereocenters. The number of rotatable bonds is 6. The second kappa shape index (κ2) is 10.8. The van der Waals surface area contributed by atoms with Crippen LogP contribution in [0.4, 0.5) is 0 Å². The third kappa shape index (κ3) is 7.85. The van der Waals surface area contributed by atoms with E-state index in [9.17, 15) is 16.8 Å². The summed E-state index contributed by atoms with van der Waals surface area (Å²) in [4.78, 5) is 0. The predicted molar refractivity (Wildman–Crippen MR) is 107 cm³/mol. The molecule has 0 saturated carbocycles. The monoisotopic (exact) mass is 413 g/mol. The highest BCUT2D eigenvalue weighted by molar-refractivity contribution is 7.86. The maximum absolute atomic E-state index is 10.8. The molecule has 5 N–H and O–H groups in total. The molecule has 2 aromatic carbocycles. The second-order valence-corrected chi connectivity index (χ2v) is 8.24. The molecule has 2 unspecified atom stereocenters. The van der Waals surface area contributed by atoms with Crippen LogP contribution in [-0.2, 0) is 20.2 Å². The zero-order valence-corrected chi connectivity index (χ0v) is 16.2. The molecule has 0 heterocycles. The summed E-state index contributed by atoms with van der Waals surface area (Å²) >= 11 is 0. The van der Waals surface area contributed by atoms with E-state index < -0.39 is 30.7 Å².